The zero-order chi connectivity index (χ0) is 23.9. The summed E-state index contributed by atoms with van der Waals surface area (Å²) < 4.78 is 3.10. The average Bonchev–Trinajstić information content (AvgIpc) is 3.56. The minimum absolute atomic E-state index is 0.100. The van der Waals surface area contributed by atoms with Crippen molar-refractivity contribution in [1.29, 1.82) is 0 Å². The smallest absolute Gasteiger partial charge is 0.281 e. The van der Waals surface area contributed by atoms with Gasteiger partial charge in [0.1, 0.15) is 11.2 Å². The lowest BCUT2D eigenvalue weighted by Gasteiger charge is -2.08. The number of hydrogen-bond acceptors (Lipinski definition) is 6. The van der Waals surface area contributed by atoms with Crippen molar-refractivity contribution in [3.05, 3.63) is 99.5 Å². The van der Waals surface area contributed by atoms with Crippen LogP contribution in [0.15, 0.2) is 83.4 Å². The maximum absolute atomic E-state index is 13.3. The number of carbonyl (C=O) groups is 1. The average molecular weight is 498 g/mol. The van der Waals surface area contributed by atoms with Gasteiger partial charge in [-0.05, 0) is 12.5 Å². The largest absolute Gasteiger partial charge is 0.294 e. The van der Waals surface area contributed by atoms with E-state index in [1.54, 1.807) is 0 Å². The molecule has 1 amide bonds. The van der Waals surface area contributed by atoms with Crippen molar-refractivity contribution in [1.82, 2.24) is 19.0 Å². The second kappa shape index (κ2) is 8.61. The van der Waals surface area contributed by atoms with E-state index in [-0.39, 0.29) is 17.9 Å². The molecule has 0 saturated carbocycles. The van der Waals surface area contributed by atoms with Crippen molar-refractivity contribution >= 4 is 43.8 Å². The number of imidazole rings is 1. The molecule has 172 valence electrons. The van der Waals surface area contributed by atoms with Crippen LogP contribution in [0, 0.1) is 6.92 Å². The molecular formula is C26H19N5O2S2. The molecule has 2 aromatic carbocycles. The molecule has 1 N–H and O–H groups in total. The van der Waals surface area contributed by atoms with Crippen molar-refractivity contribution in [3.63, 3.8) is 0 Å². The molecule has 0 fully saturated rings. The van der Waals surface area contributed by atoms with Gasteiger partial charge >= 0.3 is 0 Å². The van der Waals surface area contributed by atoms with E-state index in [9.17, 15) is 9.59 Å². The van der Waals surface area contributed by atoms with Gasteiger partial charge in [-0.3, -0.25) is 19.4 Å². The fraction of sp³-hybridized carbons (Fsp3) is 0.0769. The molecule has 0 spiro atoms. The van der Waals surface area contributed by atoms with E-state index in [4.69, 9.17) is 0 Å². The van der Waals surface area contributed by atoms with E-state index >= 15 is 0 Å². The molecule has 0 radical (unpaired) electrons. The summed E-state index contributed by atoms with van der Waals surface area (Å²) in [5, 5.41) is 2.43. The van der Waals surface area contributed by atoms with Gasteiger partial charge in [0.05, 0.1) is 17.5 Å². The van der Waals surface area contributed by atoms with Crippen LogP contribution in [0.5, 0.6) is 0 Å². The zero-order valence-electron chi connectivity index (χ0n) is 18.6. The minimum atomic E-state index is -0.309. The Kier molecular flexibility index (Phi) is 5.28. The highest BCUT2D eigenvalue weighted by atomic mass is 32.1. The Hall–Kier alpha value is -4.08. The second-order valence-electron chi connectivity index (χ2n) is 8.08. The Labute approximate surface area is 207 Å². The van der Waals surface area contributed by atoms with E-state index < -0.39 is 0 Å². The van der Waals surface area contributed by atoms with E-state index in [1.165, 1.54) is 33.7 Å². The molecular weight excluding hydrogens is 478 g/mol. The lowest BCUT2D eigenvalue weighted by atomic mass is 10.0. The maximum atomic E-state index is 13.3. The Morgan fingerprint density at radius 1 is 1.03 bits per heavy atom. The van der Waals surface area contributed by atoms with E-state index in [2.05, 4.69) is 15.4 Å². The van der Waals surface area contributed by atoms with Crippen LogP contribution in [0.3, 0.4) is 0 Å². The number of carbonyl (C=O) groups excluding carboxylic acids is 1. The van der Waals surface area contributed by atoms with Crippen molar-refractivity contribution in [2.75, 3.05) is 5.43 Å². The number of hydrogen-bond donors (Lipinski definition) is 1. The van der Waals surface area contributed by atoms with Gasteiger partial charge in [-0.2, -0.15) is 0 Å². The number of thiazole rings is 1. The summed E-state index contributed by atoms with van der Waals surface area (Å²) in [5.74, 6) is -0.309. The molecule has 9 heteroatoms. The van der Waals surface area contributed by atoms with Gasteiger partial charge in [0.25, 0.3) is 5.56 Å². The number of nitrogens with zero attached hydrogens (tertiary/aromatic N) is 4. The number of amides is 1. The lowest BCUT2D eigenvalue weighted by molar-refractivity contribution is -0.116. The predicted molar refractivity (Wildman–Crippen MR) is 141 cm³/mol. The third kappa shape index (κ3) is 3.84. The first kappa shape index (κ1) is 21.5. The van der Waals surface area contributed by atoms with Crippen molar-refractivity contribution < 1.29 is 4.79 Å². The summed E-state index contributed by atoms with van der Waals surface area (Å²) in [5.41, 5.74) is 6.90. The highest BCUT2D eigenvalue weighted by Crippen LogP contribution is 2.35. The topological polar surface area (TPSA) is 81.3 Å². The number of benzene rings is 2. The van der Waals surface area contributed by atoms with Crippen LogP contribution in [0.2, 0.25) is 0 Å². The Balaban J connectivity index is 1.30. The quantitative estimate of drug-likeness (QED) is 0.358. The van der Waals surface area contributed by atoms with Crippen molar-refractivity contribution in [2.45, 2.75) is 13.3 Å². The van der Waals surface area contributed by atoms with Gasteiger partial charge in [0, 0.05) is 33.3 Å². The molecule has 4 heterocycles. The fourth-order valence-corrected chi connectivity index (χ4v) is 6.05. The lowest BCUT2D eigenvalue weighted by Crippen LogP contribution is -2.34. The van der Waals surface area contributed by atoms with Crippen LogP contribution in [0.1, 0.15) is 10.6 Å². The fourth-order valence-electron chi connectivity index (χ4n) is 4.18. The highest BCUT2D eigenvalue weighted by molar-refractivity contribution is 7.19. The molecule has 0 atom stereocenters. The molecule has 0 aliphatic carbocycles. The van der Waals surface area contributed by atoms with E-state index in [1.807, 2.05) is 83.6 Å². The molecule has 35 heavy (non-hydrogen) atoms. The van der Waals surface area contributed by atoms with Crippen LogP contribution in [-0.4, -0.2) is 25.0 Å². The number of rotatable bonds is 5. The molecule has 7 nitrogen and oxygen atoms in total. The summed E-state index contributed by atoms with van der Waals surface area (Å²) in [6.45, 7) is 1.98. The van der Waals surface area contributed by atoms with E-state index in [0.717, 1.165) is 37.9 Å². The summed E-state index contributed by atoms with van der Waals surface area (Å²) in [7, 11) is 0. The Morgan fingerprint density at radius 2 is 1.74 bits per heavy atom. The first-order chi connectivity index (χ1) is 17.1. The first-order valence-corrected chi connectivity index (χ1v) is 12.6. The summed E-state index contributed by atoms with van der Waals surface area (Å²) in [4.78, 5) is 37.9. The van der Waals surface area contributed by atoms with Gasteiger partial charge in [-0.1, -0.05) is 60.7 Å². The minimum Gasteiger partial charge on any atom is -0.294 e. The molecule has 6 aromatic rings. The van der Waals surface area contributed by atoms with E-state index in [0.29, 0.717) is 10.2 Å². The second-order valence-corrected chi connectivity index (χ2v) is 10.1. The number of thiophene rings is 1. The molecule has 0 bridgehead atoms. The monoisotopic (exact) mass is 497 g/mol. The molecule has 0 unspecified atom stereocenters. The van der Waals surface area contributed by atoms with Crippen molar-refractivity contribution in [3.8, 4) is 22.4 Å². The number of aromatic nitrogens is 4. The first-order valence-electron chi connectivity index (χ1n) is 11.0. The van der Waals surface area contributed by atoms with Crippen LogP contribution in [-0.2, 0) is 11.2 Å². The molecule has 0 saturated heterocycles. The normalized spacial score (nSPS) is 11.3. The summed E-state index contributed by atoms with van der Waals surface area (Å²) in [6, 6.07) is 19.7. The van der Waals surface area contributed by atoms with Crippen LogP contribution in [0.25, 0.3) is 37.6 Å². The molecule has 0 aliphatic rings. The van der Waals surface area contributed by atoms with Crippen LogP contribution < -0.4 is 11.0 Å². The Bertz CT molecular complexity index is 1750. The Morgan fingerprint density at radius 3 is 2.49 bits per heavy atom. The van der Waals surface area contributed by atoms with Crippen molar-refractivity contribution in [2.24, 2.45) is 0 Å². The zero-order valence-corrected chi connectivity index (χ0v) is 20.3. The SMILES string of the molecule is Cc1sc2ncn(NC(=O)Cc3csc4nc(-c5ccccc5)cn34)c(=O)c2c1-c1ccccc1. The van der Waals surface area contributed by atoms with Gasteiger partial charge in [-0.25, -0.2) is 14.6 Å². The van der Waals surface area contributed by atoms with Gasteiger partial charge < -0.3 is 0 Å². The number of fused-ring (bicyclic) bond motifs is 2. The van der Waals surface area contributed by atoms with Crippen LogP contribution >= 0.6 is 22.7 Å². The maximum Gasteiger partial charge on any atom is 0.281 e. The number of nitrogens with one attached hydrogen (secondary N) is 1. The molecule has 6 rings (SSSR count). The third-order valence-electron chi connectivity index (χ3n) is 5.79. The molecule has 0 aliphatic heterocycles. The summed E-state index contributed by atoms with van der Waals surface area (Å²) in [6.07, 6.45) is 3.41. The highest BCUT2D eigenvalue weighted by Gasteiger charge is 2.18. The standard InChI is InChI=1S/C26H19N5O2S2/c1-16-22(18-10-6-3-7-11-18)23-24(35-16)27-15-31(25(23)33)29-21(32)12-19-14-34-26-28-20(13-30(19)26)17-8-4-2-5-9-17/h2-11,13-15H,12H2,1H3,(H,29,32). The molecule has 4 aromatic heterocycles. The summed E-state index contributed by atoms with van der Waals surface area (Å²) >= 11 is 2.95. The van der Waals surface area contributed by atoms with Gasteiger partial charge in [0.15, 0.2) is 4.96 Å². The third-order valence-corrected chi connectivity index (χ3v) is 7.69. The van der Waals surface area contributed by atoms with Gasteiger partial charge in [-0.15, -0.1) is 22.7 Å². The number of aryl methyl sites for hydroxylation is 1. The van der Waals surface area contributed by atoms with Crippen LogP contribution in [0.4, 0.5) is 0 Å². The van der Waals surface area contributed by atoms with Gasteiger partial charge in [0.2, 0.25) is 5.91 Å². The predicted octanol–water partition coefficient (Wildman–Crippen LogP) is 5.12.